The first kappa shape index (κ1) is 12.2. The Balaban J connectivity index is 2.50. The monoisotopic (exact) mass is 247 g/mol. The minimum absolute atomic E-state index is 0.0493. The summed E-state index contributed by atoms with van der Waals surface area (Å²) >= 11 is 0. The summed E-state index contributed by atoms with van der Waals surface area (Å²) in [7, 11) is 2.85. The molecule has 2 aromatic rings. The minimum atomic E-state index is -0.390. The van der Waals surface area contributed by atoms with E-state index in [4.69, 9.17) is 4.74 Å². The van der Waals surface area contributed by atoms with Crippen molar-refractivity contribution >= 4 is 16.9 Å². The van der Waals surface area contributed by atoms with Crippen LogP contribution in [0.3, 0.4) is 0 Å². The highest BCUT2D eigenvalue weighted by molar-refractivity contribution is 5.81. The lowest BCUT2D eigenvalue weighted by atomic mass is 10.1. The van der Waals surface area contributed by atoms with Crippen molar-refractivity contribution in [3.8, 4) is 5.75 Å². The van der Waals surface area contributed by atoms with Gasteiger partial charge in [-0.25, -0.2) is 0 Å². The quantitative estimate of drug-likeness (QED) is 0.829. The van der Waals surface area contributed by atoms with E-state index in [0.29, 0.717) is 22.3 Å². The van der Waals surface area contributed by atoms with Crippen molar-refractivity contribution in [2.24, 2.45) is 0 Å². The van der Waals surface area contributed by atoms with E-state index in [1.54, 1.807) is 25.3 Å². The van der Waals surface area contributed by atoms with Gasteiger partial charge >= 0.3 is 5.97 Å². The minimum Gasteiger partial charge on any atom is -0.497 e. The number of H-pyrrole nitrogens is 1. The molecule has 1 N–H and O–H groups in total. The van der Waals surface area contributed by atoms with Gasteiger partial charge < -0.3 is 14.5 Å². The van der Waals surface area contributed by atoms with Crippen LogP contribution in [0.2, 0.25) is 0 Å². The largest absolute Gasteiger partial charge is 0.497 e. The molecule has 5 nitrogen and oxygen atoms in total. The number of pyridine rings is 1. The fourth-order valence-corrected chi connectivity index (χ4v) is 1.73. The molecule has 18 heavy (non-hydrogen) atoms. The van der Waals surface area contributed by atoms with Crippen molar-refractivity contribution in [3.05, 3.63) is 40.2 Å². The van der Waals surface area contributed by atoms with Crippen molar-refractivity contribution in [1.82, 2.24) is 4.98 Å². The number of methoxy groups -OCH3 is 2. The molecule has 0 spiro atoms. The standard InChI is InChI=1S/C13H13NO4/c1-17-9-3-4-11-10(7-9)12(15)5-8(14-11)6-13(16)18-2/h3-5,7H,6H2,1-2H3,(H,14,15). The highest BCUT2D eigenvalue weighted by Gasteiger charge is 2.07. The molecule has 94 valence electrons. The van der Waals surface area contributed by atoms with E-state index in [1.165, 1.54) is 13.2 Å². The van der Waals surface area contributed by atoms with Crippen LogP contribution < -0.4 is 10.2 Å². The molecule has 0 unspecified atom stereocenters. The molecule has 0 atom stereocenters. The SMILES string of the molecule is COC(=O)Cc1cc(=O)c2cc(OC)ccc2[nH]1. The average molecular weight is 247 g/mol. The Hall–Kier alpha value is -2.30. The number of carbonyl (C=O) groups is 1. The summed E-state index contributed by atoms with van der Waals surface area (Å²) in [5, 5.41) is 0.531. The number of fused-ring (bicyclic) bond motifs is 1. The Labute approximate surface area is 103 Å². The van der Waals surface area contributed by atoms with E-state index in [9.17, 15) is 9.59 Å². The Kier molecular flexibility index (Phi) is 3.32. The number of nitrogens with one attached hydrogen (secondary N) is 1. The van der Waals surface area contributed by atoms with Crippen LogP contribution in [0.15, 0.2) is 29.1 Å². The normalized spacial score (nSPS) is 10.3. The van der Waals surface area contributed by atoms with Gasteiger partial charge in [0.15, 0.2) is 5.43 Å². The van der Waals surface area contributed by atoms with Crippen LogP contribution in [0, 0.1) is 0 Å². The summed E-state index contributed by atoms with van der Waals surface area (Å²) in [5.74, 6) is 0.229. The zero-order valence-electron chi connectivity index (χ0n) is 10.1. The molecule has 0 fully saturated rings. The molecule has 0 radical (unpaired) electrons. The third-order valence-electron chi connectivity index (χ3n) is 2.66. The highest BCUT2D eigenvalue weighted by Crippen LogP contribution is 2.16. The van der Waals surface area contributed by atoms with Gasteiger partial charge in [-0.05, 0) is 18.2 Å². The van der Waals surface area contributed by atoms with Gasteiger partial charge in [0.05, 0.1) is 20.6 Å². The number of esters is 1. The van der Waals surface area contributed by atoms with Gasteiger partial charge in [0.25, 0.3) is 0 Å². The van der Waals surface area contributed by atoms with Gasteiger partial charge in [0, 0.05) is 22.7 Å². The summed E-state index contributed by atoms with van der Waals surface area (Å²) in [6, 6.07) is 6.56. The zero-order valence-corrected chi connectivity index (χ0v) is 10.1. The lowest BCUT2D eigenvalue weighted by Crippen LogP contribution is -2.11. The molecular formula is C13H13NO4. The summed E-state index contributed by atoms with van der Waals surface area (Å²) in [6.45, 7) is 0. The van der Waals surface area contributed by atoms with E-state index < -0.39 is 5.97 Å². The van der Waals surface area contributed by atoms with Crippen LogP contribution in [-0.2, 0) is 16.0 Å². The molecule has 0 aliphatic carbocycles. The van der Waals surface area contributed by atoms with Crippen molar-refractivity contribution in [2.45, 2.75) is 6.42 Å². The smallest absolute Gasteiger partial charge is 0.311 e. The molecule has 0 aliphatic rings. The van der Waals surface area contributed by atoms with Crippen molar-refractivity contribution < 1.29 is 14.3 Å². The molecule has 2 rings (SSSR count). The molecule has 0 saturated heterocycles. The van der Waals surface area contributed by atoms with Gasteiger partial charge in [-0.3, -0.25) is 9.59 Å². The lowest BCUT2D eigenvalue weighted by molar-refractivity contribution is -0.139. The van der Waals surface area contributed by atoms with Crippen LogP contribution in [0.5, 0.6) is 5.75 Å². The summed E-state index contributed by atoms with van der Waals surface area (Å²) in [5.41, 5.74) is 1.05. The van der Waals surface area contributed by atoms with E-state index in [1.807, 2.05) is 0 Å². The van der Waals surface area contributed by atoms with Crippen LogP contribution in [0.1, 0.15) is 5.69 Å². The van der Waals surface area contributed by atoms with Crippen LogP contribution in [-0.4, -0.2) is 25.2 Å². The summed E-state index contributed by atoms with van der Waals surface area (Å²) in [4.78, 5) is 26.1. The topological polar surface area (TPSA) is 68.4 Å². The average Bonchev–Trinajstić information content (AvgIpc) is 2.38. The van der Waals surface area contributed by atoms with Gasteiger partial charge in [-0.1, -0.05) is 0 Å². The molecule has 1 heterocycles. The first-order valence-electron chi connectivity index (χ1n) is 5.41. The maximum Gasteiger partial charge on any atom is 0.311 e. The Morgan fingerprint density at radius 1 is 1.28 bits per heavy atom. The summed E-state index contributed by atoms with van der Waals surface area (Å²) in [6.07, 6.45) is 0.0493. The second kappa shape index (κ2) is 4.91. The molecule has 1 aromatic carbocycles. The predicted molar refractivity (Wildman–Crippen MR) is 66.8 cm³/mol. The van der Waals surface area contributed by atoms with E-state index >= 15 is 0 Å². The Bertz CT molecular complexity index is 645. The van der Waals surface area contributed by atoms with Crippen molar-refractivity contribution in [1.29, 1.82) is 0 Å². The van der Waals surface area contributed by atoms with Gasteiger partial charge in [-0.15, -0.1) is 0 Å². The first-order chi connectivity index (χ1) is 8.63. The third kappa shape index (κ3) is 2.34. The molecular weight excluding hydrogens is 234 g/mol. The number of aromatic nitrogens is 1. The van der Waals surface area contributed by atoms with E-state index in [2.05, 4.69) is 9.72 Å². The molecule has 0 bridgehead atoms. The molecule has 0 aliphatic heterocycles. The third-order valence-corrected chi connectivity index (χ3v) is 2.66. The van der Waals surface area contributed by atoms with E-state index in [-0.39, 0.29) is 11.8 Å². The predicted octanol–water partition coefficient (Wildman–Crippen LogP) is 1.25. The Morgan fingerprint density at radius 3 is 2.72 bits per heavy atom. The van der Waals surface area contributed by atoms with Crippen molar-refractivity contribution in [2.75, 3.05) is 14.2 Å². The number of hydrogen-bond acceptors (Lipinski definition) is 4. The van der Waals surface area contributed by atoms with Crippen LogP contribution >= 0.6 is 0 Å². The number of aromatic amines is 1. The van der Waals surface area contributed by atoms with Crippen LogP contribution in [0.25, 0.3) is 10.9 Å². The lowest BCUT2D eigenvalue weighted by Gasteiger charge is -2.05. The second-order valence-corrected chi connectivity index (χ2v) is 3.82. The summed E-state index contributed by atoms with van der Waals surface area (Å²) < 4.78 is 9.62. The van der Waals surface area contributed by atoms with Gasteiger partial charge in [0.2, 0.25) is 0 Å². The number of hydrogen-bond donors (Lipinski definition) is 1. The van der Waals surface area contributed by atoms with Crippen molar-refractivity contribution in [3.63, 3.8) is 0 Å². The van der Waals surface area contributed by atoms with Gasteiger partial charge in [-0.2, -0.15) is 0 Å². The molecule has 0 amide bonds. The number of ether oxygens (including phenoxy) is 2. The molecule has 1 aromatic heterocycles. The fraction of sp³-hybridized carbons (Fsp3) is 0.231. The number of rotatable bonds is 3. The fourth-order valence-electron chi connectivity index (χ4n) is 1.73. The number of benzene rings is 1. The molecule has 5 heteroatoms. The van der Waals surface area contributed by atoms with E-state index in [0.717, 1.165) is 0 Å². The van der Waals surface area contributed by atoms with Crippen LogP contribution in [0.4, 0.5) is 0 Å². The first-order valence-corrected chi connectivity index (χ1v) is 5.41. The molecule has 0 saturated carbocycles. The van der Waals surface area contributed by atoms with Gasteiger partial charge in [0.1, 0.15) is 5.75 Å². The second-order valence-electron chi connectivity index (χ2n) is 3.82. The maximum atomic E-state index is 11.9. The zero-order chi connectivity index (χ0) is 13.1. The number of carbonyl (C=O) groups excluding carboxylic acids is 1. The maximum absolute atomic E-state index is 11.9. The highest BCUT2D eigenvalue weighted by atomic mass is 16.5. The Morgan fingerprint density at radius 2 is 2.06 bits per heavy atom.